The molecule has 132 valence electrons. The highest BCUT2D eigenvalue weighted by molar-refractivity contribution is 9.10. The van der Waals surface area contributed by atoms with Crippen LogP contribution in [-0.2, 0) is 0 Å². The lowest BCUT2D eigenvalue weighted by atomic mass is 10.1. The zero-order valence-electron chi connectivity index (χ0n) is 14.2. The molecule has 25 heavy (non-hydrogen) atoms. The first-order chi connectivity index (χ1) is 12.0. The van der Waals surface area contributed by atoms with Gasteiger partial charge in [0.25, 0.3) is 5.91 Å². The number of amides is 1. The molecule has 0 saturated carbocycles. The summed E-state index contributed by atoms with van der Waals surface area (Å²) in [6.45, 7) is 4.02. The van der Waals surface area contributed by atoms with Crippen LogP contribution in [0.1, 0.15) is 17.3 Å². The summed E-state index contributed by atoms with van der Waals surface area (Å²) in [5.41, 5.74) is 1.13. The predicted octanol–water partition coefficient (Wildman–Crippen LogP) is 3.95. The van der Waals surface area contributed by atoms with Crippen LogP contribution >= 0.6 is 15.9 Å². The number of likely N-dealkylation sites (N-methyl/N-ethyl adjacent to an activating group) is 2. The third-order valence-electron chi connectivity index (χ3n) is 4.29. The maximum Gasteiger partial charge on any atom is 0.256 e. The summed E-state index contributed by atoms with van der Waals surface area (Å²) in [6, 6.07) is 12.3. The number of benzene rings is 2. The van der Waals surface area contributed by atoms with Gasteiger partial charge in [-0.3, -0.25) is 4.79 Å². The maximum atomic E-state index is 14.0. The molecule has 1 aliphatic rings. The summed E-state index contributed by atoms with van der Waals surface area (Å²) < 4.78 is 20.7. The molecule has 0 N–H and O–H groups in total. The molecular formula is C19H20BrFN2O2. The van der Waals surface area contributed by atoms with Gasteiger partial charge in [-0.05, 0) is 37.3 Å². The minimum absolute atomic E-state index is 0.0641. The Balaban J connectivity index is 1.73. The lowest BCUT2D eigenvalue weighted by Crippen LogP contribution is -2.46. The average Bonchev–Trinajstić information content (AvgIpc) is 2.60. The fraction of sp³-hybridized carbons (Fsp3) is 0.316. The Morgan fingerprint density at radius 2 is 2.12 bits per heavy atom. The first-order valence-electron chi connectivity index (χ1n) is 8.20. The van der Waals surface area contributed by atoms with Crippen molar-refractivity contribution in [2.75, 3.05) is 31.6 Å². The highest BCUT2D eigenvalue weighted by Crippen LogP contribution is 2.33. The number of nitrogens with zero attached hydrogens (tertiary/aromatic N) is 2. The van der Waals surface area contributed by atoms with Crippen molar-refractivity contribution in [3.8, 4) is 5.75 Å². The lowest BCUT2D eigenvalue weighted by molar-refractivity contribution is 0.0705. The van der Waals surface area contributed by atoms with E-state index in [4.69, 9.17) is 4.74 Å². The van der Waals surface area contributed by atoms with Crippen molar-refractivity contribution in [3.63, 3.8) is 0 Å². The molecule has 1 aliphatic heterocycles. The van der Waals surface area contributed by atoms with Gasteiger partial charge in [-0.15, -0.1) is 0 Å². The predicted molar refractivity (Wildman–Crippen MR) is 99.8 cm³/mol. The number of halogens is 2. The first kappa shape index (κ1) is 17.7. The Kier molecular flexibility index (Phi) is 5.27. The molecule has 0 bridgehead atoms. The second kappa shape index (κ2) is 7.44. The van der Waals surface area contributed by atoms with Crippen molar-refractivity contribution in [3.05, 3.63) is 58.3 Å². The highest BCUT2D eigenvalue weighted by Gasteiger charge is 2.27. The fourth-order valence-electron chi connectivity index (χ4n) is 3.03. The van der Waals surface area contributed by atoms with E-state index in [0.29, 0.717) is 17.6 Å². The van der Waals surface area contributed by atoms with E-state index in [-0.39, 0.29) is 17.6 Å². The van der Waals surface area contributed by atoms with Crippen molar-refractivity contribution < 1.29 is 13.9 Å². The second-order valence-corrected chi connectivity index (χ2v) is 6.97. The Bertz CT molecular complexity index is 784. The van der Waals surface area contributed by atoms with Gasteiger partial charge in [0.05, 0.1) is 24.3 Å². The summed E-state index contributed by atoms with van der Waals surface area (Å²) in [5.74, 6) is -0.0666. The van der Waals surface area contributed by atoms with Crippen LogP contribution in [0.15, 0.2) is 46.9 Å². The standard InChI is InChI=1S/C19H20BrFN2O2/c1-3-23-12-14(25-18-7-5-4-6-17(18)23)11-22(2)19(24)15-9-8-13(20)10-16(15)21/h4-10,14H,3,11-12H2,1-2H3/t14-/m1/s1. The van der Waals surface area contributed by atoms with Crippen molar-refractivity contribution >= 4 is 27.5 Å². The topological polar surface area (TPSA) is 32.8 Å². The fourth-order valence-corrected chi connectivity index (χ4v) is 3.36. The molecule has 2 aromatic carbocycles. The lowest BCUT2D eigenvalue weighted by Gasteiger charge is -2.37. The van der Waals surface area contributed by atoms with E-state index in [1.165, 1.54) is 17.0 Å². The zero-order valence-corrected chi connectivity index (χ0v) is 15.8. The monoisotopic (exact) mass is 406 g/mol. The second-order valence-electron chi connectivity index (χ2n) is 6.06. The maximum absolute atomic E-state index is 14.0. The third-order valence-corrected chi connectivity index (χ3v) is 4.78. The Morgan fingerprint density at radius 3 is 2.84 bits per heavy atom. The molecule has 0 fully saturated rings. The number of hydrogen-bond donors (Lipinski definition) is 0. The van der Waals surface area contributed by atoms with Crippen LogP contribution in [0.3, 0.4) is 0 Å². The van der Waals surface area contributed by atoms with Gasteiger partial charge in [0, 0.05) is 18.1 Å². The van der Waals surface area contributed by atoms with Gasteiger partial charge < -0.3 is 14.5 Å². The normalized spacial score (nSPS) is 16.2. The summed E-state index contributed by atoms with van der Waals surface area (Å²) in [4.78, 5) is 16.3. The molecule has 2 aromatic rings. The summed E-state index contributed by atoms with van der Waals surface area (Å²) in [7, 11) is 1.67. The van der Waals surface area contributed by atoms with Gasteiger partial charge >= 0.3 is 0 Å². The Morgan fingerprint density at radius 1 is 1.36 bits per heavy atom. The van der Waals surface area contributed by atoms with E-state index in [9.17, 15) is 9.18 Å². The molecule has 0 spiro atoms. The molecule has 0 aliphatic carbocycles. The third kappa shape index (κ3) is 3.79. The van der Waals surface area contributed by atoms with E-state index in [1.54, 1.807) is 13.1 Å². The number of ether oxygens (including phenoxy) is 1. The summed E-state index contributed by atoms with van der Waals surface area (Å²) in [5, 5.41) is 0. The number of carbonyl (C=O) groups is 1. The van der Waals surface area contributed by atoms with Crippen LogP contribution in [0.25, 0.3) is 0 Å². The average molecular weight is 407 g/mol. The Labute approximate surface area is 155 Å². The van der Waals surface area contributed by atoms with Gasteiger partial charge in [0.1, 0.15) is 17.7 Å². The molecular weight excluding hydrogens is 387 g/mol. The molecule has 4 nitrogen and oxygen atoms in total. The number of para-hydroxylation sites is 2. The van der Waals surface area contributed by atoms with Crippen molar-refractivity contribution in [1.29, 1.82) is 0 Å². The highest BCUT2D eigenvalue weighted by atomic mass is 79.9. The number of fused-ring (bicyclic) bond motifs is 1. The molecule has 0 radical (unpaired) electrons. The zero-order chi connectivity index (χ0) is 18.0. The summed E-state index contributed by atoms with van der Waals surface area (Å²) >= 11 is 3.20. The van der Waals surface area contributed by atoms with E-state index < -0.39 is 5.82 Å². The largest absolute Gasteiger partial charge is 0.485 e. The van der Waals surface area contributed by atoms with Crippen molar-refractivity contribution in [1.82, 2.24) is 4.90 Å². The molecule has 1 amide bonds. The minimum atomic E-state index is -0.531. The summed E-state index contributed by atoms with van der Waals surface area (Å²) in [6.07, 6.45) is -0.165. The molecule has 1 atom stereocenters. The molecule has 6 heteroatoms. The first-order valence-corrected chi connectivity index (χ1v) is 9.00. The van der Waals surface area contributed by atoms with Gasteiger partial charge in [-0.1, -0.05) is 28.1 Å². The van der Waals surface area contributed by atoms with Gasteiger partial charge in [-0.25, -0.2) is 4.39 Å². The van der Waals surface area contributed by atoms with Gasteiger partial charge in [0.15, 0.2) is 0 Å². The van der Waals surface area contributed by atoms with Crippen LogP contribution in [0.5, 0.6) is 5.75 Å². The van der Waals surface area contributed by atoms with E-state index in [1.807, 2.05) is 24.3 Å². The van der Waals surface area contributed by atoms with Crippen LogP contribution in [0.2, 0.25) is 0 Å². The number of hydrogen-bond acceptors (Lipinski definition) is 3. The Hall–Kier alpha value is -2.08. The number of rotatable bonds is 4. The quantitative estimate of drug-likeness (QED) is 0.770. The van der Waals surface area contributed by atoms with Crippen LogP contribution in [0.4, 0.5) is 10.1 Å². The van der Waals surface area contributed by atoms with Crippen LogP contribution < -0.4 is 9.64 Å². The van der Waals surface area contributed by atoms with E-state index >= 15 is 0 Å². The molecule has 0 saturated heterocycles. The van der Waals surface area contributed by atoms with Gasteiger partial charge in [-0.2, -0.15) is 0 Å². The number of carbonyl (C=O) groups excluding carboxylic acids is 1. The number of anilines is 1. The van der Waals surface area contributed by atoms with Gasteiger partial charge in [0.2, 0.25) is 0 Å². The smallest absolute Gasteiger partial charge is 0.256 e. The molecule has 3 rings (SSSR count). The SMILES string of the molecule is CCN1C[C@@H](CN(C)C(=O)c2ccc(Br)cc2F)Oc2ccccc21. The molecule has 0 aromatic heterocycles. The van der Waals surface area contributed by atoms with Crippen LogP contribution in [0, 0.1) is 5.82 Å². The van der Waals surface area contributed by atoms with Crippen LogP contribution in [-0.4, -0.2) is 43.6 Å². The molecule has 1 heterocycles. The molecule has 0 unspecified atom stereocenters. The minimum Gasteiger partial charge on any atom is -0.485 e. The van der Waals surface area contributed by atoms with Crippen molar-refractivity contribution in [2.45, 2.75) is 13.0 Å². The van der Waals surface area contributed by atoms with E-state index in [2.05, 4.69) is 27.8 Å². The van der Waals surface area contributed by atoms with Crippen molar-refractivity contribution in [2.24, 2.45) is 0 Å². The van der Waals surface area contributed by atoms with E-state index in [0.717, 1.165) is 18.0 Å².